The summed E-state index contributed by atoms with van der Waals surface area (Å²) in [5, 5.41) is 3.99. The summed E-state index contributed by atoms with van der Waals surface area (Å²) in [6.07, 6.45) is -1.03. The van der Waals surface area contributed by atoms with Crippen molar-refractivity contribution in [2.45, 2.75) is 13.0 Å². The molecule has 1 N–H and O–H groups in total. The molecule has 0 saturated carbocycles. The minimum absolute atomic E-state index is 0.133. The second-order valence-electron chi connectivity index (χ2n) is 5.77. The molecule has 0 radical (unpaired) electrons. The highest BCUT2D eigenvalue weighted by Gasteiger charge is 2.21. The lowest BCUT2D eigenvalue weighted by atomic mass is 10.2. The summed E-state index contributed by atoms with van der Waals surface area (Å²) in [4.78, 5) is 29.0. The second kappa shape index (κ2) is 8.05. The van der Waals surface area contributed by atoms with E-state index in [1.807, 2.05) is 18.2 Å². The first kappa shape index (κ1) is 18.7. The Kier molecular flexibility index (Phi) is 5.57. The van der Waals surface area contributed by atoms with E-state index in [1.165, 1.54) is 14.0 Å². The van der Waals surface area contributed by atoms with Crippen LogP contribution in [0.2, 0.25) is 5.02 Å². The van der Waals surface area contributed by atoms with Gasteiger partial charge in [0, 0.05) is 10.4 Å². The third-order valence-corrected chi connectivity index (χ3v) is 4.12. The van der Waals surface area contributed by atoms with Gasteiger partial charge in [-0.1, -0.05) is 35.9 Å². The standard InChI is InChI=1S/C20H17ClN2O4/c1-12(19(24)23-17-11-14(21)8-10-18(17)26-2)27-20(25)16-9-7-13-5-3-4-6-15(13)22-16/h3-12H,1-2H3,(H,23,24)/t12-/m1/s1. The van der Waals surface area contributed by atoms with Crippen LogP contribution in [0, 0.1) is 0 Å². The van der Waals surface area contributed by atoms with Gasteiger partial charge in [-0.05, 0) is 37.3 Å². The van der Waals surface area contributed by atoms with E-state index in [-0.39, 0.29) is 5.69 Å². The molecule has 138 valence electrons. The van der Waals surface area contributed by atoms with E-state index in [4.69, 9.17) is 21.1 Å². The summed E-state index contributed by atoms with van der Waals surface area (Å²) in [6.45, 7) is 1.48. The number of fused-ring (bicyclic) bond motifs is 1. The van der Waals surface area contributed by atoms with Crippen LogP contribution in [0.4, 0.5) is 5.69 Å². The third-order valence-electron chi connectivity index (χ3n) is 3.88. The number of pyridine rings is 1. The van der Waals surface area contributed by atoms with Crippen molar-refractivity contribution in [1.82, 2.24) is 4.98 Å². The minimum Gasteiger partial charge on any atom is -0.495 e. The van der Waals surface area contributed by atoms with Gasteiger partial charge in [0.2, 0.25) is 0 Å². The van der Waals surface area contributed by atoms with Crippen LogP contribution < -0.4 is 10.1 Å². The lowest BCUT2D eigenvalue weighted by Gasteiger charge is -2.15. The van der Waals surface area contributed by atoms with Gasteiger partial charge in [0.1, 0.15) is 11.4 Å². The van der Waals surface area contributed by atoms with E-state index in [0.29, 0.717) is 22.0 Å². The van der Waals surface area contributed by atoms with Crippen LogP contribution in [0.5, 0.6) is 5.75 Å². The summed E-state index contributed by atoms with van der Waals surface area (Å²) in [7, 11) is 1.48. The molecule has 0 spiro atoms. The molecule has 0 unspecified atom stereocenters. The molecule has 1 heterocycles. The van der Waals surface area contributed by atoms with Crippen molar-refractivity contribution in [3.63, 3.8) is 0 Å². The predicted molar refractivity (Wildman–Crippen MR) is 103 cm³/mol. The molecule has 0 bridgehead atoms. The van der Waals surface area contributed by atoms with E-state index >= 15 is 0 Å². The zero-order chi connectivity index (χ0) is 19.4. The van der Waals surface area contributed by atoms with Crippen LogP contribution in [0.25, 0.3) is 10.9 Å². The van der Waals surface area contributed by atoms with Gasteiger partial charge in [0.15, 0.2) is 6.10 Å². The van der Waals surface area contributed by atoms with Crippen molar-refractivity contribution >= 4 is 40.1 Å². The molecule has 0 aliphatic carbocycles. The summed E-state index contributed by atoms with van der Waals surface area (Å²) >= 11 is 5.95. The average Bonchev–Trinajstić information content (AvgIpc) is 2.67. The number of para-hydroxylation sites is 1. The Labute approximate surface area is 161 Å². The van der Waals surface area contributed by atoms with Crippen LogP contribution in [-0.4, -0.2) is 30.1 Å². The van der Waals surface area contributed by atoms with Gasteiger partial charge in [-0.3, -0.25) is 4.79 Å². The van der Waals surface area contributed by atoms with E-state index in [0.717, 1.165) is 5.39 Å². The van der Waals surface area contributed by atoms with Crippen LogP contribution in [0.1, 0.15) is 17.4 Å². The van der Waals surface area contributed by atoms with E-state index in [2.05, 4.69) is 10.3 Å². The quantitative estimate of drug-likeness (QED) is 0.670. The Morgan fingerprint density at radius 2 is 1.89 bits per heavy atom. The van der Waals surface area contributed by atoms with Crippen LogP contribution in [0.15, 0.2) is 54.6 Å². The molecular formula is C20H17ClN2O4. The summed E-state index contributed by atoms with van der Waals surface area (Å²) in [6, 6.07) is 15.6. The van der Waals surface area contributed by atoms with Crippen molar-refractivity contribution in [3.8, 4) is 5.75 Å². The lowest BCUT2D eigenvalue weighted by molar-refractivity contribution is -0.123. The number of nitrogens with zero attached hydrogens (tertiary/aromatic N) is 1. The number of ether oxygens (including phenoxy) is 2. The van der Waals surface area contributed by atoms with E-state index in [1.54, 1.807) is 36.4 Å². The van der Waals surface area contributed by atoms with Gasteiger partial charge in [0.05, 0.1) is 18.3 Å². The minimum atomic E-state index is -1.03. The molecule has 1 atom stereocenters. The molecule has 1 aromatic heterocycles. The van der Waals surface area contributed by atoms with Crippen LogP contribution in [-0.2, 0) is 9.53 Å². The molecule has 0 aliphatic rings. The zero-order valence-corrected chi connectivity index (χ0v) is 15.5. The number of carbonyl (C=O) groups excluding carboxylic acids is 2. The van der Waals surface area contributed by atoms with Gasteiger partial charge in [-0.15, -0.1) is 0 Å². The highest BCUT2D eigenvalue weighted by atomic mass is 35.5. The van der Waals surface area contributed by atoms with Crippen LogP contribution >= 0.6 is 11.6 Å². The monoisotopic (exact) mass is 384 g/mol. The highest BCUT2D eigenvalue weighted by molar-refractivity contribution is 6.31. The summed E-state index contributed by atoms with van der Waals surface area (Å²) in [5.74, 6) is -0.742. The van der Waals surface area contributed by atoms with Gasteiger partial charge in [-0.25, -0.2) is 9.78 Å². The Morgan fingerprint density at radius 1 is 1.11 bits per heavy atom. The molecule has 0 fully saturated rings. The molecule has 3 aromatic rings. The Morgan fingerprint density at radius 3 is 2.67 bits per heavy atom. The highest BCUT2D eigenvalue weighted by Crippen LogP contribution is 2.27. The van der Waals surface area contributed by atoms with Gasteiger partial charge in [-0.2, -0.15) is 0 Å². The molecular weight excluding hydrogens is 368 g/mol. The van der Waals surface area contributed by atoms with Crippen molar-refractivity contribution < 1.29 is 19.1 Å². The van der Waals surface area contributed by atoms with Gasteiger partial charge in [0.25, 0.3) is 5.91 Å². The SMILES string of the molecule is COc1ccc(Cl)cc1NC(=O)[C@@H](C)OC(=O)c1ccc2ccccc2n1. The number of nitrogens with one attached hydrogen (secondary N) is 1. The number of amides is 1. The summed E-state index contributed by atoms with van der Waals surface area (Å²) < 4.78 is 10.4. The molecule has 3 rings (SSSR count). The molecule has 7 heteroatoms. The van der Waals surface area contributed by atoms with Crippen LogP contribution in [0.3, 0.4) is 0 Å². The molecule has 0 saturated heterocycles. The average molecular weight is 385 g/mol. The molecule has 6 nitrogen and oxygen atoms in total. The molecule has 1 amide bonds. The fourth-order valence-electron chi connectivity index (χ4n) is 2.47. The topological polar surface area (TPSA) is 77.5 Å². The first-order chi connectivity index (χ1) is 13.0. The van der Waals surface area contributed by atoms with Gasteiger partial charge < -0.3 is 14.8 Å². The smallest absolute Gasteiger partial charge is 0.357 e. The Hall–Kier alpha value is -3.12. The first-order valence-electron chi connectivity index (χ1n) is 8.19. The third kappa shape index (κ3) is 4.35. The number of carbonyl (C=O) groups is 2. The number of halogens is 1. The number of esters is 1. The summed E-state index contributed by atoms with van der Waals surface area (Å²) in [5.41, 5.74) is 1.20. The largest absolute Gasteiger partial charge is 0.495 e. The lowest BCUT2D eigenvalue weighted by Crippen LogP contribution is -2.30. The van der Waals surface area contributed by atoms with Crippen molar-refractivity contribution in [1.29, 1.82) is 0 Å². The number of benzene rings is 2. The van der Waals surface area contributed by atoms with Gasteiger partial charge >= 0.3 is 5.97 Å². The fraction of sp³-hybridized carbons (Fsp3) is 0.150. The maximum atomic E-state index is 12.4. The predicted octanol–water partition coefficient (Wildman–Crippen LogP) is 4.08. The van der Waals surface area contributed by atoms with E-state index in [9.17, 15) is 9.59 Å². The van der Waals surface area contributed by atoms with Crippen molar-refractivity contribution in [3.05, 3.63) is 65.3 Å². The Bertz CT molecular complexity index is 1010. The Balaban J connectivity index is 1.70. The number of methoxy groups -OCH3 is 1. The number of hydrogen-bond acceptors (Lipinski definition) is 5. The maximum absolute atomic E-state index is 12.4. The fourth-order valence-corrected chi connectivity index (χ4v) is 2.64. The molecule has 27 heavy (non-hydrogen) atoms. The number of aromatic nitrogens is 1. The maximum Gasteiger partial charge on any atom is 0.357 e. The zero-order valence-electron chi connectivity index (χ0n) is 14.7. The number of rotatable bonds is 5. The van der Waals surface area contributed by atoms with Crippen molar-refractivity contribution in [2.75, 3.05) is 12.4 Å². The second-order valence-corrected chi connectivity index (χ2v) is 6.21. The number of anilines is 1. The first-order valence-corrected chi connectivity index (χ1v) is 8.57. The number of hydrogen-bond donors (Lipinski definition) is 1. The van der Waals surface area contributed by atoms with Crippen molar-refractivity contribution in [2.24, 2.45) is 0 Å². The molecule has 2 aromatic carbocycles. The molecule has 0 aliphatic heterocycles. The normalized spacial score (nSPS) is 11.7. The van der Waals surface area contributed by atoms with E-state index < -0.39 is 18.0 Å².